The van der Waals surface area contributed by atoms with E-state index in [2.05, 4.69) is 5.32 Å². The molecule has 0 saturated heterocycles. The van der Waals surface area contributed by atoms with Gasteiger partial charge in [0.2, 0.25) is 10.0 Å². The molecule has 0 amide bonds. The van der Waals surface area contributed by atoms with Crippen LogP contribution in [-0.2, 0) is 14.8 Å². The number of carbonyl (C=O) groups is 1. The Morgan fingerprint density at radius 1 is 1.19 bits per heavy atom. The summed E-state index contributed by atoms with van der Waals surface area (Å²) in [6, 6.07) is 6.10. The molecule has 1 aromatic rings. The molecular weight excluding hydrogens is 292 g/mol. The number of carboxylic acids is 1. The number of sulfonamides is 1. The van der Waals surface area contributed by atoms with E-state index in [0.29, 0.717) is 18.5 Å². The Kier molecular flexibility index (Phi) is 5.36. The zero-order chi connectivity index (χ0) is 16.3. The van der Waals surface area contributed by atoms with Crippen molar-refractivity contribution in [3.05, 3.63) is 24.3 Å². The third-order valence-electron chi connectivity index (χ3n) is 3.63. The Bertz CT molecular complexity index is 590. The van der Waals surface area contributed by atoms with Crippen LogP contribution in [0.5, 0.6) is 0 Å². The highest BCUT2D eigenvalue weighted by atomic mass is 32.2. The third-order valence-corrected chi connectivity index (χ3v) is 5.46. The molecule has 0 aromatic heterocycles. The van der Waals surface area contributed by atoms with Crippen molar-refractivity contribution in [2.24, 2.45) is 0 Å². The van der Waals surface area contributed by atoms with Gasteiger partial charge in [0.15, 0.2) is 0 Å². The third kappa shape index (κ3) is 3.54. The summed E-state index contributed by atoms with van der Waals surface area (Å²) in [6.07, 6.45) is 0.854. The monoisotopic (exact) mass is 314 g/mol. The number of nitrogens with zero attached hydrogens (tertiary/aromatic N) is 1. The lowest BCUT2D eigenvalue weighted by atomic mass is 9.92. The zero-order valence-corrected chi connectivity index (χ0v) is 13.6. The van der Waals surface area contributed by atoms with Crippen molar-refractivity contribution in [3.8, 4) is 0 Å². The standard InChI is InChI=1S/C14H22N2O4S/c1-5-14(6-2,13(17)18)15-11-7-9-12(10-8-11)21(19,20)16(3)4/h7-10,15H,5-6H2,1-4H3,(H,17,18). The molecule has 0 bridgehead atoms. The second kappa shape index (κ2) is 6.44. The zero-order valence-electron chi connectivity index (χ0n) is 12.8. The van der Waals surface area contributed by atoms with Crippen LogP contribution in [0.4, 0.5) is 5.69 Å². The van der Waals surface area contributed by atoms with Gasteiger partial charge in [0.25, 0.3) is 0 Å². The van der Waals surface area contributed by atoms with Gasteiger partial charge >= 0.3 is 5.97 Å². The van der Waals surface area contributed by atoms with Crippen LogP contribution < -0.4 is 5.32 Å². The molecule has 0 saturated carbocycles. The van der Waals surface area contributed by atoms with Crippen molar-refractivity contribution in [2.75, 3.05) is 19.4 Å². The van der Waals surface area contributed by atoms with E-state index in [0.717, 1.165) is 4.31 Å². The van der Waals surface area contributed by atoms with Crippen LogP contribution in [0, 0.1) is 0 Å². The molecule has 0 fully saturated rings. The first-order chi connectivity index (χ1) is 9.69. The van der Waals surface area contributed by atoms with E-state index in [1.165, 1.54) is 26.2 Å². The number of hydrogen-bond donors (Lipinski definition) is 2. The van der Waals surface area contributed by atoms with Crippen LogP contribution >= 0.6 is 0 Å². The van der Waals surface area contributed by atoms with Gasteiger partial charge in [0.05, 0.1) is 4.90 Å². The predicted molar refractivity (Wildman–Crippen MR) is 81.9 cm³/mol. The first-order valence-corrected chi connectivity index (χ1v) is 8.17. The molecule has 7 heteroatoms. The fourth-order valence-electron chi connectivity index (χ4n) is 1.98. The Labute approximate surface area is 125 Å². The Balaban J connectivity index is 3.06. The van der Waals surface area contributed by atoms with E-state index in [4.69, 9.17) is 0 Å². The van der Waals surface area contributed by atoms with Crippen molar-refractivity contribution in [3.63, 3.8) is 0 Å². The molecule has 0 radical (unpaired) electrons. The van der Waals surface area contributed by atoms with Crippen LogP contribution in [0.15, 0.2) is 29.2 Å². The average Bonchev–Trinajstić information content (AvgIpc) is 2.44. The van der Waals surface area contributed by atoms with E-state index in [1.807, 2.05) is 0 Å². The summed E-state index contributed by atoms with van der Waals surface area (Å²) in [5.74, 6) is -0.919. The summed E-state index contributed by atoms with van der Waals surface area (Å²) in [5.41, 5.74) is -0.458. The maximum Gasteiger partial charge on any atom is 0.329 e. The van der Waals surface area contributed by atoms with Gasteiger partial charge in [-0.2, -0.15) is 0 Å². The highest BCUT2D eigenvalue weighted by molar-refractivity contribution is 7.89. The Morgan fingerprint density at radius 2 is 1.67 bits per heavy atom. The Hall–Kier alpha value is -1.60. The number of anilines is 1. The van der Waals surface area contributed by atoms with Crippen molar-refractivity contribution >= 4 is 21.7 Å². The molecule has 21 heavy (non-hydrogen) atoms. The average molecular weight is 314 g/mol. The van der Waals surface area contributed by atoms with Gasteiger partial charge in [-0.25, -0.2) is 17.5 Å². The van der Waals surface area contributed by atoms with E-state index in [-0.39, 0.29) is 4.90 Å². The minimum Gasteiger partial charge on any atom is -0.480 e. The number of rotatable bonds is 7. The number of aliphatic carboxylic acids is 1. The van der Waals surface area contributed by atoms with Crippen molar-refractivity contribution < 1.29 is 18.3 Å². The molecule has 0 unspecified atom stereocenters. The number of carboxylic acid groups (broad SMARTS) is 1. The first kappa shape index (κ1) is 17.5. The normalized spacial score (nSPS) is 12.4. The lowest BCUT2D eigenvalue weighted by Gasteiger charge is -2.29. The summed E-state index contributed by atoms with van der Waals surface area (Å²) in [4.78, 5) is 11.6. The van der Waals surface area contributed by atoms with Crippen LogP contribution in [0.25, 0.3) is 0 Å². The molecule has 0 atom stereocenters. The largest absolute Gasteiger partial charge is 0.480 e. The molecule has 0 heterocycles. The van der Waals surface area contributed by atoms with Gasteiger partial charge < -0.3 is 10.4 Å². The van der Waals surface area contributed by atoms with Gasteiger partial charge in [-0.15, -0.1) is 0 Å². The summed E-state index contributed by atoms with van der Waals surface area (Å²) < 4.78 is 25.1. The summed E-state index contributed by atoms with van der Waals surface area (Å²) in [5, 5.41) is 12.4. The smallest absolute Gasteiger partial charge is 0.329 e. The molecular formula is C14H22N2O4S. The first-order valence-electron chi connectivity index (χ1n) is 6.73. The molecule has 2 N–H and O–H groups in total. The molecule has 0 aliphatic carbocycles. The van der Waals surface area contributed by atoms with Gasteiger partial charge in [0.1, 0.15) is 5.54 Å². The van der Waals surface area contributed by atoms with Gasteiger partial charge in [-0.1, -0.05) is 13.8 Å². The fraction of sp³-hybridized carbons (Fsp3) is 0.500. The molecule has 1 rings (SSSR count). The molecule has 6 nitrogen and oxygen atoms in total. The van der Waals surface area contributed by atoms with Crippen molar-refractivity contribution in [2.45, 2.75) is 37.1 Å². The fourth-order valence-corrected chi connectivity index (χ4v) is 2.88. The summed E-state index contributed by atoms with van der Waals surface area (Å²) in [7, 11) is -0.549. The minimum atomic E-state index is -3.48. The molecule has 0 aliphatic rings. The van der Waals surface area contributed by atoms with Crippen LogP contribution in [0.2, 0.25) is 0 Å². The number of hydrogen-bond acceptors (Lipinski definition) is 4. The molecule has 0 spiro atoms. The molecule has 0 aliphatic heterocycles. The van der Waals surface area contributed by atoms with Crippen molar-refractivity contribution in [1.29, 1.82) is 0 Å². The van der Waals surface area contributed by atoms with Crippen LogP contribution in [0.3, 0.4) is 0 Å². The SMILES string of the molecule is CCC(CC)(Nc1ccc(S(=O)(=O)N(C)C)cc1)C(=O)O. The lowest BCUT2D eigenvalue weighted by Crippen LogP contribution is -2.45. The topological polar surface area (TPSA) is 86.7 Å². The van der Waals surface area contributed by atoms with E-state index in [1.54, 1.807) is 26.0 Å². The molecule has 1 aromatic carbocycles. The highest BCUT2D eigenvalue weighted by Crippen LogP contribution is 2.24. The Morgan fingerprint density at radius 3 is 2.00 bits per heavy atom. The minimum absolute atomic E-state index is 0.173. The van der Waals surface area contributed by atoms with Gasteiger partial charge in [-0.05, 0) is 37.1 Å². The maximum atomic E-state index is 12.0. The lowest BCUT2D eigenvalue weighted by molar-refractivity contribution is -0.142. The van der Waals surface area contributed by atoms with Crippen LogP contribution in [0.1, 0.15) is 26.7 Å². The summed E-state index contributed by atoms with van der Waals surface area (Å²) in [6.45, 7) is 3.60. The van der Waals surface area contributed by atoms with E-state index >= 15 is 0 Å². The summed E-state index contributed by atoms with van der Waals surface area (Å²) >= 11 is 0. The van der Waals surface area contributed by atoms with Gasteiger partial charge in [-0.3, -0.25) is 0 Å². The second-order valence-corrected chi connectivity index (χ2v) is 7.18. The highest BCUT2D eigenvalue weighted by Gasteiger charge is 2.34. The van der Waals surface area contributed by atoms with Crippen LogP contribution in [-0.4, -0.2) is 43.4 Å². The number of benzene rings is 1. The van der Waals surface area contributed by atoms with Crippen molar-refractivity contribution in [1.82, 2.24) is 4.31 Å². The predicted octanol–water partition coefficient (Wildman–Crippen LogP) is 1.99. The van der Waals surface area contributed by atoms with Gasteiger partial charge in [0, 0.05) is 19.8 Å². The molecule has 118 valence electrons. The second-order valence-electron chi connectivity index (χ2n) is 5.03. The maximum absolute atomic E-state index is 12.0. The van der Waals surface area contributed by atoms with E-state index < -0.39 is 21.5 Å². The quantitative estimate of drug-likeness (QED) is 0.804. The van der Waals surface area contributed by atoms with E-state index in [9.17, 15) is 18.3 Å². The number of nitrogens with one attached hydrogen (secondary N) is 1.